The number of nitrogens with zero attached hydrogens (tertiary/aromatic N) is 7. The van der Waals surface area contributed by atoms with Gasteiger partial charge in [0, 0.05) is 39.3 Å². The maximum atomic E-state index is 12.2. The SMILES string of the molecule is CCN(CC)C(=O)CN1CCN(c2ccc(-c3nn[nH]n3)nc2)CC1. The Morgan fingerprint density at radius 3 is 2.52 bits per heavy atom. The van der Waals surface area contributed by atoms with Gasteiger partial charge in [0.2, 0.25) is 11.7 Å². The average molecular weight is 344 g/mol. The number of carbonyl (C=O) groups is 1. The smallest absolute Gasteiger partial charge is 0.236 e. The van der Waals surface area contributed by atoms with E-state index in [1.807, 2.05) is 37.1 Å². The number of pyridine rings is 1. The van der Waals surface area contributed by atoms with Gasteiger partial charge in [-0.1, -0.05) is 0 Å². The van der Waals surface area contributed by atoms with Crippen LogP contribution in [0.3, 0.4) is 0 Å². The molecular weight excluding hydrogens is 320 g/mol. The zero-order valence-electron chi connectivity index (χ0n) is 14.7. The van der Waals surface area contributed by atoms with Gasteiger partial charge in [0.15, 0.2) is 0 Å². The lowest BCUT2D eigenvalue weighted by Crippen LogP contribution is -2.50. The minimum Gasteiger partial charge on any atom is -0.368 e. The predicted molar refractivity (Wildman–Crippen MR) is 94.0 cm³/mol. The number of piperazine rings is 1. The van der Waals surface area contributed by atoms with E-state index in [0.717, 1.165) is 45.0 Å². The quantitative estimate of drug-likeness (QED) is 0.803. The minimum absolute atomic E-state index is 0.213. The summed E-state index contributed by atoms with van der Waals surface area (Å²) < 4.78 is 0. The van der Waals surface area contributed by atoms with Gasteiger partial charge in [-0.25, -0.2) is 0 Å². The fourth-order valence-corrected chi connectivity index (χ4v) is 3.01. The van der Waals surface area contributed by atoms with Crippen molar-refractivity contribution in [3.63, 3.8) is 0 Å². The third kappa shape index (κ3) is 4.11. The molecule has 1 amide bonds. The Kier molecular flexibility index (Phi) is 5.54. The van der Waals surface area contributed by atoms with Gasteiger partial charge in [0.1, 0.15) is 5.69 Å². The summed E-state index contributed by atoms with van der Waals surface area (Å²) in [6.07, 6.45) is 1.84. The van der Waals surface area contributed by atoms with Crippen LogP contribution in [0.15, 0.2) is 18.3 Å². The molecule has 1 aliphatic rings. The van der Waals surface area contributed by atoms with Crippen LogP contribution < -0.4 is 4.90 Å². The highest BCUT2D eigenvalue weighted by Gasteiger charge is 2.21. The third-order valence-electron chi connectivity index (χ3n) is 4.53. The fourth-order valence-electron chi connectivity index (χ4n) is 3.01. The van der Waals surface area contributed by atoms with Crippen LogP contribution in [0.2, 0.25) is 0 Å². The van der Waals surface area contributed by atoms with Crippen molar-refractivity contribution < 1.29 is 4.79 Å². The summed E-state index contributed by atoms with van der Waals surface area (Å²) in [5.74, 6) is 0.705. The van der Waals surface area contributed by atoms with Crippen LogP contribution in [0.4, 0.5) is 5.69 Å². The molecule has 9 heteroatoms. The van der Waals surface area contributed by atoms with Crippen molar-refractivity contribution in [3.8, 4) is 11.5 Å². The molecule has 1 fully saturated rings. The fraction of sp³-hybridized carbons (Fsp3) is 0.562. The molecule has 3 heterocycles. The maximum absolute atomic E-state index is 12.2. The summed E-state index contributed by atoms with van der Waals surface area (Å²) in [6, 6.07) is 3.92. The molecule has 0 unspecified atom stereocenters. The lowest BCUT2D eigenvalue weighted by atomic mass is 10.2. The van der Waals surface area contributed by atoms with Crippen LogP contribution in [0, 0.1) is 0 Å². The van der Waals surface area contributed by atoms with Gasteiger partial charge in [-0.15, -0.1) is 10.2 Å². The Morgan fingerprint density at radius 2 is 1.96 bits per heavy atom. The highest BCUT2D eigenvalue weighted by Crippen LogP contribution is 2.18. The Balaban J connectivity index is 1.53. The number of H-pyrrole nitrogens is 1. The Hall–Kier alpha value is -2.55. The highest BCUT2D eigenvalue weighted by atomic mass is 16.2. The first-order valence-electron chi connectivity index (χ1n) is 8.66. The Morgan fingerprint density at radius 1 is 1.20 bits per heavy atom. The van der Waals surface area contributed by atoms with Crippen LogP contribution in [0.1, 0.15) is 13.8 Å². The first-order valence-corrected chi connectivity index (χ1v) is 8.66. The van der Waals surface area contributed by atoms with Gasteiger partial charge >= 0.3 is 0 Å². The van der Waals surface area contributed by atoms with E-state index in [9.17, 15) is 4.79 Å². The second-order valence-corrected chi connectivity index (χ2v) is 5.97. The first-order chi connectivity index (χ1) is 12.2. The van der Waals surface area contributed by atoms with Crippen LogP contribution in [-0.2, 0) is 4.79 Å². The van der Waals surface area contributed by atoms with Crippen LogP contribution >= 0.6 is 0 Å². The van der Waals surface area contributed by atoms with E-state index >= 15 is 0 Å². The third-order valence-corrected chi connectivity index (χ3v) is 4.53. The van der Waals surface area contributed by atoms with Crippen LogP contribution in [-0.4, -0.2) is 87.1 Å². The van der Waals surface area contributed by atoms with Crippen molar-refractivity contribution in [2.75, 3.05) is 50.7 Å². The van der Waals surface area contributed by atoms with E-state index in [2.05, 4.69) is 35.4 Å². The van der Waals surface area contributed by atoms with E-state index < -0.39 is 0 Å². The van der Waals surface area contributed by atoms with Crippen molar-refractivity contribution >= 4 is 11.6 Å². The van der Waals surface area contributed by atoms with Crippen molar-refractivity contribution in [2.24, 2.45) is 0 Å². The zero-order chi connectivity index (χ0) is 17.6. The second-order valence-electron chi connectivity index (χ2n) is 5.97. The molecule has 1 N–H and O–H groups in total. The molecule has 134 valence electrons. The molecule has 0 spiro atoms. The van der Waals surface area contributed by atoms with Crippen molar-refractivity contribution in [3.05, 3.63) is 18.3 Å². The molecule has 1 aliphatic heterocycles. The van der Waals surface area contributed by atoms with E-state index in [0.29, 0.717) is 18.1 Å². The van der Waals surface area contributed by atoms with Crippen LogP contribution in [0.25, 0.3) is 11.5 Å². The molecule has 0 bridgehead atoms. The Labute approximate surface area is 147 Å². The van der Waals surface area contributed by atoms with E-state index in [-0.39, 0.29) is 5.91 Å². The molecule has 25 heavy (non-hydrogen) atoms. The summed E-state index contributed by atoms with van der Waals surface area (Å²) in [7, 11) is 0. The van der Waals surface area contributed by atoms with Gasteiger partial charge in [0.05, 0.1) is 18.4 Å². The number of aromatic amines is 1. The predicted octanol–water partition coefficient (Wildman–Crippen LogP) is 0.252. The number of hydrogen-bond donors (Lipinski definition) is 1. The average Bonchev–Trinajstić information content (AvgIpc) is 3.18. The zero-order valence-corrected chi connectivity index (χ0v) is 14.7. The van der Waals surface area contributed by atoms with Gasteiger partial charge < -0.3 is 9.80 Å². The number of tetrazole rings is 1. The molecule has 9 nitrogen and oxygen atoms in total. The summed E-state index contributed by atoms with van der Waals surface area (Å²) in [5.41, 5.74) is 1.77. The van der Waals surface area contributed by atoms with Crippen molar-refractivity contribution in [1.29, 1.82) is 0 Å². The number of carbonyl (C=O) groups excluding carboxylic acids is 1. The highest BCUT2D eigenvalue weighted by molar-refractivity contribution is 5.78. The number of nitrogens with one attached hydrogen (secondary N) is 1. The number of rotatable bonds is 6. The second kappa shape index (κ2) is 8.02. The van der Waals surface area contributed by atoms with Gasteiger partial charge in [-0.05, 0) is 31.2 Å². The van der Waals surface area contributed by atoms with E-state index in [1.54, 1.807) is 0 Å². The largest absolute Gasteiger partial charge is 0.368 e. The lowest BCUT2D eigenvalue weighted by molar-refractivity contribution is -0.132. The van der Waals surface area contributed by atoms with Gasteiger partial charge in [0.25, 0.3) is 0 Å². The Bertz CT molecular complexity index is 660. The van der Waals surface area contributed by atoms with Gasteiger partial charge in [-0.3, -0.25) is 14.7 Å². The van der Waals surface area contributed by atoms with Crippen molar-refractivity contribution in [2.45, 2.75) is 13.8 Å². The number of anilines is 1. The lowest BCUT2D eigenvalue weighted by Gasteiger charge is -2.36. The number of aromatic nitrogens is 5. The molecule has 0 atom stereocenters. The number of hydrogen-bond acceptors (Lipinski definition) is 7. The molecule has 2 aromatic heterocycles. The molecule has 2 aromatic rings. The summed E-state index contributed by atoms with van der Waals surface area (Å²) >= 11 is 0. The summed E-state index contributed by atoms with van der Waals surface area (Å²) in [4.78, 5) is 23.0. The maximum Gasteiger partial charge on any atom is 0.236 e. The van der Waals surface area contributed by atoms with E-state index in [1.165, 1.54) is 0 Å². The minimum atomic E-state index is 0.213. The van der Waals surface area contributed by atoms with E-state index in [4.69, 9.17) is 0 Å². The number of amides is 1. The standard InChI is InChI=1S/C16H24N8O/c1-3-23(4-2)15(25)12-22-7-9-24(10-8-22)13-5-6-14(17-11-13)16-18-20-21-19-16/h5-6,11H,3-4,7-10,12H2,1-2H3,(H,18,19,20,21). The molecule has 0 aliphatic carbocycles. The summed E-state index contributed by atoms with van der Waals surface area (Å²) in [6.45, 7) is 9.60. The first kappa shape index (κ1) is 17.3. The molecular formula is C16H24N8O. The van der Waals surface area contributed by atoms with Gasteiger partial charge in [-0.2, -0.15) is 5.21 Å². The monoisotopic (exact) mass is 344 g/mol. The molecule has 3 rings (SSSR count). The number of likely N-dealkylation sites (N-methyl/N-ethyl adjacent to an activating group) is 1. The summed E-state index contributed by atoms with van der Waals surface area (Å²) in [5, 5.41) is 13.8. The molecule has 0 radical (unpaired) electrons. The molecule has 1 saturated heterocycles. The molecule has 0 saturated carbocycles. The topological polar surface area (TPSA) is 94.1 Å². The van der Waals surface area contributed by atoms with Crippen molar-refractivity contribution in [1.82, 2.24) is 35.4 Å². The molecule has 0 aromatic carbocycles. The normalized spacial score (nSPS) is 15.4. The van der Waals surface area contributed by atoms with Crippen LogP contribution in [0.5, 0.6) is 0 Å².